The number of hydrogen-bond acceptors (Lipinski definition) is 9. The van der Waals surface area contributed by atoms with E-state index in [1.54, 1.807) is 35.9 Å². The van der Waals surface area contributed by atoms with Crippen LogP contribution < -0.4 is 19.6 Å². The van der Waals surface area contributed by atoms with Crippen molar-refractivity contribution in [1.29, 1.82) is 0 Å². The van der Waals surface area contributed by atoms with Gasteiger partial charge >= 0.3 is 11.9 Å². The van der Waals surface area contributed by atoms with E-state index in [2.05, 4.69) is 0 Å². The first-order valence-electron chi connectivity index (χ1n) is 15.9. The van der Waals surface area contributed by atoms with Gasteiger partial charge in [-0.3, -0.25) is 9.36 Å². The average molecular weight is 677 g/mol. The number of carbonyl (C=O) groups excluding carboxylic acids is 2. The van der Waals surface area contributed by atoms with Crippen LogP contribution in [0, 0.1) is 5.92 Å². The first kappa shape index (κ1) is 33.4. The van der Waals surface area contributed by atoms with Gasteiger partial charge in [0.25, 0.3) is 5.56 Å². The lowest BCUT2D eigenvalue weighted by Crippen LogP contribution is -2.40. The van der Waals surface area contributed by atoms with Crippen LogP contribution >= 0.6 is 11.3 Å². The molecule has 0 saturated carbocycles. The number of carbonyl (C=O) groups is 2. The number of nitrogens with zero attached hydrogens (tertiary/aromatic N) is 4. The summed E-state index contributed by atoms with van der Waals surface area (Å²) >= 11 is 1.23. The molecule has 0 radical (unpaired) electrons. The Bertz CT molecular complexity index is 2210. The van der Waals surface area contributed by atoms with Gasteiger partial charge in [-0.2, -0.15) is 5.10 Å². The lowest BCUT2D eigenvalue weighted by Gasteiger charge is -2.25. The minimum atomic E-state index is -0.831. The molecule has 3 heterocycles. The standard InChI is InChI=1S/C38H36N4O6S/c1-6-47-30-18-16-25(17-19-30)33-28(21-41(40-33)29-10-8-7-9-11-29)20-31-35(43)42-34(26-12-14-27(15-13-26)36(44)46-5)32(24(4)39-38(42)49-31)37(45)48-22-23(2)3/h7-21,23,34H,6,22H2,1-5H3/b31-20-/t34-/m0/s1. The monoisotopic (exact) mass is 676 g/mol. The maximum atomic E-state index is 14.4. The zero-order valence-corrected chi connectivity index (χ0v) is 28.7. The summed E-state index contributed by atoms with van der Waals surface area (Å²) in [6.07, 6.45) is 3.71. The fourth-order valence-corrected chi connectivity index (χ4v) is 6.62. The normalized spacial score (nSPS) is 14.4. The van der Waals surface area contributed by atoms with E-state index in [1.165, 1.54) is 23.0 Å². The van der Waals surface area contributed by atoms with Gasteiger partial charge in [0.05, 0.1) is 53.4 Å². The lowest BCUT2D eigenvalue weighted by atomic mass is 9.95. The van der Waals surface area contributed by atoms with Crippen molar-refractivity contribution in [3.05, 3.63) is 133 Å². The number of esters is 2. The van der Waals surface area contributed by atoms with E-state index in [4.69, 9.17) is 24.3 Å². The second kappa shape index (κ2) is 14.3. The molecular weight excluding hydrogens is 641 g/mol. The van der Waals surface area contributed by atoms with E-state index >= 15 is 0 Å². The lowest BCUT2D eigenvalue weighted by molar-refractivity contribution is -0.140. The van der Waals surface area contributed by atoms with E-state index in [9.17, 15) is 14.4 Å². The van der Waals surface area contributed by atoms with E-state index in [-0.39, 0.29) is 23.7 Å². The fraction of sp³-hybridized carbons (Fsp3) is 0.237. The number of thiazole rings is 1. The Morgan fingerprint density at radius 2 is 1.69 bits per heavy atom. The Kier molecular flexibility index (Phi) is 9.72. The van der Waals surface area contributed by atoms with Crippen LogP contribution in [-0.4, -0.2) is 46.6 Å². The third kappa shape index (κ3) is 6.88. The molecule has 0 saturated heterocycles. The van der Waals surface area contributed by atoms with Crippen molar-refractivity contribution in [2.45, 2.75) is 33.7 Å². The van der Waals surface area contributed by atoms with Gasteiger partial charge in [-0.1, -0.05) is 55.5 Å². The zero-order chi connectivity index (χ0) is 34.7. The molecule has 2 aromatic heterocycles. The van der Waals surface area contributed by atoms with Crippen molar-refractivity contribution in [2.24, 2.45) is 10.9 Å². The largest absolute Gasteiger partial charge is 0.494 e. The summed E-state index contributed by atoms with van der Waals surface area (Å²) in [6, 6.07) is 23.3. The molecule has 10 nitrogen and oxygen atoms in total. The second-order valence-corrected chi connectivity index (χ2v) is 12.9. The molecule has 5 aromatic rings. The number of fused-ring (bicyclic) bond motifs is 1. The predicted octanol–water partition coefficient (Wildman–Crippen LogP) is 5.47. The third-order valence-electron chi connectivity index (χ3n) is 7.93. The average Bonchev–Trinajstić information content (AvgIpc) is 3.67. The van der Waals surface area contributed by atoms with Gasteiger partial charge in [0, 0.05) is 17.3 Å². The number of benzene rings is 3. The Labute approximate surface area is 287 Å². The van der Waals surface area contributed by atoms with Crippen LogP contribution in [0.25, 0.3) is 23.0 Å². The number of methoxy groups -OCH3 is 1. The van der Waals surface area contributed by atoms with E-state index < -0.39 is 18.0 Å². The smallest absolute Gasteiger partial charge is 0.338 e. The Hall–Kier alpha value is -5.55. The van der Waals surface area contributed by atoms with Crippen LogP contribution in [0.1, 0.15) is 55.2 Å². The summed E-state index contributed by atoms with van der Waals surface area (Å²) in [5.74, 6) is -0.169. The molecule has 250 valence electrons. The van der Waals surface area contributed by atoms with Gasteiger partial charge in [-0.05, 0) is 79.9 Å². The van der Waals surface area contributed by atoms with Crippen molar-refractivity contribution in [3.8, 4) is 22.7 Å². The van der Waals surface area contributed by atoms with Crippen LogP contribution in [0.15, 0.2) is 106 Å². The first-order chi connectivity index (χ1) is 23.7. The molecule has 0 N–H and O–H groups in total. The molecule has 0 spiro atoms. The molecule has 1 aliphatic heterocycles. The van der Waals surface area contributed by atoms with Crippen LogP contribution in [0.2, 0.25) is 0 Å². The van der Waals surface area contributed by atoms with E-state index in [1.807, 2.05) is 87.6 Å². The molecule has 0 bridgehead atoms. The Morgan fingerprint density at radius 3 is 2.35 bits per heavy atom. The predicted molar refractivity (Wildman–Crippen MR) is 188 cm³/mol. The van der Waals surface area contributed by atoms with Crippen LogP contribution in [-0.2, 0) is 14.3 Å². The molecule has 11 heteroatoms. The zero-order valence-electron chi connectivity index (χ0n) is 27.9. The molecule has 0 fully saturated rings. The molecule has 1 atom stereocenters. The van der Waals surface area contributed by atoms with Crippen molar-refractivity contribution < 1.29 is 23.8 Å². The van der Waals surface area contributed by atoms with Gasteiger partial charge < -0.3 is 14.2 Å². The number of ether oxygens (including phenoxy) is 3. The summed E-state index contributed by atoms with van der Waals surface area (Å²) in [7, 11) is 1.31. The van der Waals surface area contributed by atoms with Crippen LogP contribution in [0.4, 0.5) is 0 Å². The van der Waals surface area contributed by atoms with Gasteiger partial charge in [0.1, 0.15) is 11.4 Å². The number of hydrogen-bond donors (Lipinski definition) is 0. The fourth-order valence-electron chi connectivity index (χ4n) is 5.58. The number of aromatic nitrogens is 3. The van der Waals surface area contributed by atoms with Gasteiger partial charge in [0.2, 0.25) is 0 Å². The first-order valence-corrected chi connectivity index (χ1v) is 16.8. The molecule has 49 heavy (non-hydrogen) atoms. The minimum absolute atomic E-state index is 0.116. The highest BCUT2D eigenvalue weighted by molar-refractivity contribution is 7.07. The molecule has 0 unspecified atom stereocenters. The molecule has 6 rings (SSSR count). The third-order valence-corrected chi connectivity index (χ3v) is 8.91. The number of rotatable bonds is 10. The molecule has 0 aliphatic carbocycles. The maximum Gasteiger partial charge on any atom is 0.338 e. The number of para-hydroxylation sites is 1. The molecule has 3 aromatic carbocycles. The van der Waals surface area contributed by atoms with Crippen molar-refractivity contribution in [2.75, 3.05) is 20.3 Å². The Balaban J connectivity index is 1.51. The Morgan fingerprint density at radius 1 is 0.980 bits per heavy atom. The highest BCUT2D eigenvalue weighted by atomic mass is 32.1. The molecular formula is C38H36N4O6S. The van der Waals surface area contributed by atoms with Crippen LogP contribution in [0.3, 0.4) is 0 Å². The SMILES string of the molecule is CCOc1ccc(-c2nn(-c3ccccc3)cc2/C=c2\sc3n(c2=O)[C@@H](c2ccc(C(=O)OC)cc2)C(C(=O)OCC(C)C)=C(C)N=3)cc1. The quantitative estimate of drug-likeness (QED) is 0.180. The summed E-state index contributed by atoms with van der Waals surface area (Å²) in [4.78, 5) is 45.3. The van der Waals surface area contributed by atoms with Gasteiger partial charge in [0.15, 0.2) is 4.80 Å². The maximum absolute atomic E-state index is 14.4. The summed E-state index contributed by atoms with van der Waals surface area (Å²) in [5, 5.41) is 4.92. The van der Waals surface area contributed by atoms with Crippen LogP contribution in [0.5, 0.6) is 5.75 Å². The van der Waals surface area contributed by atoms with E-state index in [0.717, 1.165) is 22.6 Å². The van der Waals surface area contributed by atoms with Crippen molar-refractivity contribution in [3.63, 3.8) is 0 Å². The highest BCUT2D eigenvalue weighted by Crippen LogP contribution is 2.31. The van der Waals surface area contributed by atoms with Gasteiger partial charge in [-0.25, -0.2) is 19.3 Å². The summed E-state index contributed by atoms with van der Waals surface area (Å²) < 4.78 is 19.9. The highest BCUT2D eigenvalue weighted by Gasteiger charge is 2.33. The minimum Gasteiger partial charge on any atom is -0.494 e. The molecule has 0 amide bonds. The van der Waals surface area contributed by atoms with Gasteiger partial charge in [-0.15, -0.1) is 0 Å². The molecule has 1 aliphatic rings. The summed E-state index contributed by atoms with van der Waals surface area (Å²) in [5.41, 5.74) is 4.49. The van der Waals surface area contributed by atoms with Crippen molar-refractivity contribution >= 4 is 29.4 Å². The van der Waals surface area contributed by atoms with Crippen molar-refractivity contribution in [1.82, 2.24) is 14.3 Å². The van der Waals surface area contributed by atoms with E-state index in [0.29, 0.717) is 38.5 Å². The number of allylic oxidation sites excluding steroid dienone is 1. The second-order valence-electron chi connectivity index (χ2n) is 11.9. The topological polar surface area (TPSA) is 114 Å². The summed E-state index contributed by atoms with van der Waals surface area (Å²) in [6.45, 7) is 8.35.